The molecule has 1 heterocycles. The number of halogens is 2. The molecule has 0 unspecified atom stereocenters. The third-order valence-electron chi connectivity index (χ3n) is 6.32. The minimum absolute atomic E-state index is 0.0672. The molecule has 0 aliphatic rings. The van der Waals surface area contributed by atoms with Crippen molar-refractivity contribution in [1.29, 1.82) is 0 Å². The summed E-state index contributed by atoms with van der Waals surface area (Å²) < 4.78 is 12.3. The summed E-state index contributed by atoms with van der Waals surface area (Å²) in [5.41, 5.74) is 4.50. The number of methoxy groups -OCH3 is 1. The summed E-state index contributed by atoms with van der Waals surface area (Å²) in [6.45, 7) is 0.939. The highest BCUT2D eigenvalue weighted by atomic mass is 35.5. The highest BCUT2D eigenvalue weighted by Crippen LogP contribution is 2.30. The Hall–Kier alpha value is -4.07. The first kappa shape index (κ1) is 29.9. The van der Waals surface area contributed by atoms with Crippen molar-refractivity contribution in [2.24, 2.45) is 0 Å². The van der Waals surface area contributed by atoms with Crippen molar-refractivity contribution in [3.63, 3.8) is 0 Å². The molecule has 7 nitrogen and oxygen atoms in total. The van der Waals surface area contributed by atoms with Gasteiger partial charge in [0, 0.05) is 36.2 Å². The molecule has 0 fully saturated rings. The standard InChI is InChI=1S/C32H30Cl2N2O5/c1-40-32(39)8-4-18-41-26-13-10-23(11-14-26)24-6-2-5-22(19-24)9-16-30-35-29(21-36(30)17-3-7-31(37)38)27-15-12-25(33)20-28(27)34/h2,5-6,9-16,19-21H,3-4,7-8,17-18H2,1H3,(H,37,38)/b16-9+. The number of aryl methyl sites for hydroxylation is 1. The molecule has 3 aromatic carbocycles. The van der Waals surface area contributed by atoms with Crippen molar-refractivity contribution in [3.8, 4) is 28.1 Å². The van der Waals surface area contributed by atoms with Crippen LogP contribution in [0.1, 0.15) is 37.1 Å². The fourth-order valence-corrected chi connectivity index (χ4v) is 4.72. The van der Waals surface area contributed by atoms with Crippen molar-refractivity contribution in [3.05, 3.63) is 94.4 Å². The third-order valence-corrected chi connectivity index (χ3v) is 6.87. The lowest BCUT2D eigenvalue weighted by Gasteiger charge is -2.08. The Labute approximate surface area is 249 Å². The van der Waals surface area contributed by atoms with Gasteiger partial charge in [-0.15, -0.1) is 0 Å². The number of aliphatic carboxylic acids is 1. The lowest BCUT2D eigenvalue weighted by Crippen LogP contribution is -2.04. The summed E-state index contributed by atoms with van der Waals surface area (Å²) in [5.74, 6) is 0.348. The van der Waals surface area contributed by atoms with Crippen molar-refractivity contribution in [2.75, 3.05) is 13.7 Å². The van der Waals surface area contributed by atoms with Crippen molar-refractivity contribution in [1.82, 2.24) is 9.55 Å². The summed E-state index contributed by atoms with van der Waals surface area (Å²) in [6.07, 6.45) is 7.23. The predicted octanol–water partition coefficient (Wildman–Crippen LogP) is 7.89. The van der Waals surface area contributed by atoms with Crippen LogP contribution < -0.4 is 4.74 Å². The molecule has 0 atom stereocenters. The molecule has 0 saturated heterocycles. The smallest absolute Gasteiger partial charge is 0.305 e. The van der Waals surface area contributed by atoms with Gasteiger partial charge in [-0.2, -0.15) is 0 Å². The molecule has 0 spiro atoms. The number of esters is 1. The van der Waals surface area contributed by atoms with Crippen LogP contribution in [0.5, 0.6) is 5.75 Å². The maximum absolute atomic E-state index is 11.2. The number of benzene rings is 3. The zero-order chi connectivity index (χ0) is 29.2. The van der Waals surface area contributed by atoms with Crippen LogP contribution in [0.4, 0.5) is 0 Å². The van der Waals surface area contributed by atoms with Gasteiger partial charge in [-0.05, 0) is 72.0 Å². The van der Waals surface area contributed by atoms with Gasteiger partial charge in [0.25, 0.3) is 0 Å². The number of hydrogen-bond acceptors (Lipinski definition) is 5. The van der Waals surface area contributed by atoms with Gasteiger partial charge >= 0.3 is 11.9 Å². The first-order valence-corrected chi connectivity index (χ1v) is 13.9. The van der Waals surface area contributed by atoms with E-state index in [0.29, 0.717) is 54.0 Å². The number of carboxylic acid groups (broad SMARTS) is 1. The summed E-state index contributed by atoms with van der Waals surface area (Å²) in [5, 5.41) is 10.1. The summed E-state index contributed by atoms with van der Waals surface area (Å²) in [7, 11) is 1.38. The molecule has 0 radical (unpaired) electrons. The minimum atomic E-state index is -0.835. The van der Waals surface area contributed by atoms with E-state index in [-0.39, 0.29) is 12.4 Å². The lowest BCUT2D eigenvalue weighted by molar-refractivity contribution is -0.141. The van der Waals surface area contributed by atoms with Crippen LogP contribution in [0.2, 0.25) is 10.0 Å². The molecule has 0 bridgehead atoms. The second-order valence-electron chi connectivity index (χ2n) is 9.31. The van der Waals surface area contributed by atoms with E-state index in [1.54, 1.807) is 12.1 Å². The number of carbonyl (C=O) groups is 2. The molecule has 1 N–H and O–H groups in total. The van der Waals surface area contributed by atoms with Gasteiger partial charge in [0.1, 0.15) is 11.6 Å². The maximum Gasteiger partial charge on any atom is 0.305 e. The van der Waals surface area contributed by atoms with Crippen LogP contribution in [0.3, 0.4) is 0 Å². The number of carbonyl (C=O) groups excluding carboxylic acids is 1. The fraction of sp³-hybridized carbons (Fsp3) is 0.219. The monoisotopic (exact) mass is 592 g/mol. The highest BCUT2D eigenvalue weighted by molar-refractivity contribution is 6.36. The van der Waals surface area contributed by atoms with E-state index in [2.05, 4.69) is 10.8 Å². The molecule has 0 saturated carbocycles. The van der Waals surface area contributed by atoms with E-state index in [1.807, 2.05) is 71.4 Å². The van der Waals surface area contributed by atoms with Gasteiger partial charge < -0.3 is 19.1 Å². The first-order chi connectivity index (χ1) is 19.8. The second kappa shape index (κ2) is 14.5. The van der Waals surface area contributed by atoms with Crippen molar-refractivity contribution >= 4 is 47.3 Å². The molecule has 4 rings (SSSR count). The Morgan fingerprint density at radius 3 is 2.49 bits per heavy atom. The summed E-state index contributed by atoms with van der Waals surface area (Å²) in [6, 6.07) is 21.2. The molecule has 0 aliphatic carbocycles. The number of rotatable bonds is 13. The third kappa shape index (κ3) is 8.71. The number of imidazole rings is 1. The zero-order valence-electron chi connectivity index (χ0n) is 22.6. The Balaban J connectivity index is 1.49. The van der Waals surface area contributed by atoms with Gasteiger partial charge in [-0.25, -0.2) is 4.98 Å². The predicted molar refractivity (Wildman–Crippen MR) is 162 cm³/mol. The summed E-state index contributed by atoms with van der Waals surface area (Å²) in [4.78, 5) is 27.1. The number of carboxylic acids is 1. The van der Waals surface area contributed by atoms with Gasteiger partial charge in [-0.3, -0.25) is 9.59 Å². The Bertz CT molecular complexity index is 1530. The number of ether oxygens (including phenoxy) is 2. The van der Waals surface area contributed by atoms with E-state index in [0.717, 1.165) is 28.0 Å². The molecule has 41 heavy (non-hydrogen) atoms. The van der Waals surface area contributed by atoms with Crippen LogP contribution in [-0.2, 0) is 20.9 Å². The topological polar surface area (TPSA) is 90.7 Å². The maximum atomic E-state index is 11.2. The van der Waals surface area contributed by atoms with Gasteiger partial charge in [0.05, 0.1) is 24.4 Å². The largest absolute Gasteiger partial charge is 0.494 e. The number of aromatic nitrogens is 2. The Morgan fingerprint density at radius 2 is 1.76 bits per heavy atom. The Kier molecular flexibility index (Phi) is 10.6. The van der Waals surface area contributed by atoms with Crippen LogP contribution in [0, 0.1) is 0 Å². The van der Waals surface area contributed by atoms with E-state index in [4.69, 9.17) is 38.0 Å². The second-order valence-corrected chi connectivity index (χ2v) is 10.2. The quantitative estimate of drug-likeness (QED) is 0.125. The van der Waals surface area contributed by atoms with Crippen LogP contribution in [0.25, 0.3) is 34.5 Å². The highest BCUT2D eigenvalue weighted by Gasteiger charge is 2.12. The molecule has 4 aromatic rings. The van der Waals surface area contributed by atoms with Crippen LogP contribution in [-0.4, -0.2) is 40.3 Å². The average molecular weight is 594 g/mol. The molecule has 212 valence electrons. The summed E-state index contributed by atoms with van der Waals surface area (Å²) >= 11 is 12.5. The molecule has 0 aliphatic heterocycles. The number of hydrogen-bond donors (Lipinski definition) is 1. The van der Waals surface area contributed by atoms with E-state index in [1.165, 1.54) is 7.11 Å². The first-order valence-electron chi connectivity index (χ1n) is 13.1. The minimum Gasteiger partial charge on any atom is -0.494 e. The molecule has 0 amide bonds. The van der Waals surface area contributed by atoms with E-state index in [9.17, 15) is 9.59 Å². The fourth-order valence-electron chi connectivity index (χ4n) is 4.21. The lowest BCUT2D eigenvalue weighted by atomic mass is 10.0. The molecular formula is C32H30Cl2N2O5. The van der Waals surface area contributed by atoms with E-state index >= 15 is 0 Å². The van der Waals surface area contributed by atoms with Gasteiger partial charge in [-0.1, -0.05) is 59.6 Å². The van der Waals surface area contributed by atoms with Gasteiger partial charge in [0.2, 0.25) is 0 Å². The van der Waals surface area contributed by atoms with Crippen molar-refractivity contribution in [2.45, 2.75) is 32.2 Å². The van der Waals surface area contributed by atoms with Gasteiger partial charge in [0.15, 0.2) is 0 Å². The van der Waals surface area contributed by atoms with E-state index < -0.39 is 5.97 Å². The SMILES string of the molecule is COC(=O)CCCOc1ccc(-c2cccc(/C=C/c3nc(-c4ccc(Cl)cc4Cl)cn3CCCC(=O)O)c2)cc1. The Morgan fingerprint density at radius 1 is 0.951 bits per heavy atom. The van der Waals surface area contributed by atoms with Crippen LogP contribution >= 0.6 is 23.2 Å². The zero-order valence-corrected chi connectivity index (χ0v) is 24.1. The van der Waals surface area contributed by atoms with Crippen molar-refractivity contribution < 1.29 is 24.2 Å². The molecule has 9 heteroatoms. The molecule has 1 aromatic heterocycles. The number of nitrogens with zero attached hydrogens (tertiary/aromatic N) is 2. The average Bonchev–Trinajstić information content (AvgIpc) is 3.36. The normalized spacial score (nSPS) is 11.1. The molecular weight excluding hydrogens is 563 g/mol. The van der Waals surface area contributed by atoms with Crippen LogP contribution in [0.15, 0.2) is 72.9 Å².